The highest BCUT2D eigenvalue weighted by Gasteiger charge is 2.35. The van der Waals surface area contributed by atoms with Crippen molar-refractivity contribution in [1.82, 2.24) is 18.2 Å². The molecule has 8 heteroatoms. The summed E-state index contributed by atoms with van der Waals surface area (Å²) in [6.45, 7) is 3.85. The lowest BCUT2D eigenvalue weighted by Gasteiger charge is -2.35. The van der Waals surface area contributed by atoms with Crippen LogP contribution in [-0.4, -0.2) is 66.5 Å². The number of methoxy groups -OCH3 is 1. The van der Waals surface area contributed by atoms with E-state index in [4.69, 9.17) is 4.74 Å². The number of hydrogen-bond donors (Lipinski definition) is 0. The average Bonchev–Trinajstić information content (AvgIpc) is 2.91. The molecule has 1 atom stereocenters. The molecule has 0 amide bonds. The highest BCUT2D eigenvalue weighted by molar-refractivity contribution is 7.86. The Labute approximate surface area is 151 Å². The first-order valence-electron chi connectivity index (χ1n) is 9.38. The van der Waals surface area contributed by atoms with Crippen molar-refractivity contribution < 1.29 is 13.2 Å². The maximum Gasteiger partial charge on any atom is 0.281 e. The van der Waals surface area contributed by atoms with Gasteiger partial charge in [-0.1, -0.05) is 12.8 Å². The Bertz CT molecular complexity index is 638. The van der Waals surface area contributed by atoms with E-state index in [1.165, 1.54) is 0 Å². The Morgan fingerprint density at radius 1 is 1.12 bits per heavy atom. The monoisotopic (exact) mass is 370 g/mol. The summed E-state index contributed by atoms with van der Waals surface area (Å²) >= 11 is 0. The van der Waals surface area contributed by atoms with Gasteiger partial charge in [-0.15, -0.1) is 0 Å². The van der Waals surface area contributed by atoms with Gasteiger partial charge in [0.05, 0.1) is 6.61 Å². The molecule has 0 N–H and O–H groups in total. The Hall–Kier alpha value is -0.960. The average molecular weight is 371 g/mol. The minimum Gasteiger partial charge on any atom is -0.383 e. The molecule has 0 aromatic carbocycles. The molecule has 1 unspecified atom stereocenters. The largest absolute Gasteiger partial charge is 0.383 e. The van der Waals surface area contributed by atoms with Gasteiger partial charge < -0.3 is 9.30 Å². The van der Waals surface area contributed by atoms with Crippen LogP contribution >= 0.6 is 0 Å². The first-order valence-corrected chi connectivity index (χ1v) is 10.8. The van der Waals surface area contributed by atoms with Crippen LogP contribution in [0.3, 0.4) is 0 Å². The van der Waals surface area contributed by atoms with Crippen molar-refractivity contribution in [1.29, 1.82) is 0 Å². The van der Waals surface area contributed by atoms with Gasteiger partial charge in [-0.25, -0.2) is 4.98 Å². The number of hydrogen-bond acceptors (Lipinski definition) is 4. The summed E-state index contributed by atoms with van der Waals surface area (Å²) in [4.78, 5) is 4.51. The van der Waals surface area contributed by atoms with Crippen LogP contribution in [-0.2, 0) is 21.5 Å². The summed E-state index contributed by atoms with van der Waals surface area (Å²) in [6, 6.07) is 0. The maximum atomic E-state index is 13.1. The molecule has 0 saturated carbocycles. The van der Waals surface area contributed by atoms with Crippen molar-refractivity contribution in [3.63, 3.8) is 0 Å². The number of aromatic nitrogens is 2. The number of ether oxygens (including phenoxy) is 1. The molecule has 142 valence electrons. The van der Waals surface area contributed by atoms with Gasteiger partial charge in [-0.2, -0.15) is 17.0 Å². The van der Waals surface area contributed by atoms with E-state index in [-0.39, 0.29) is 5.92 Å². The lowest BCUT2D eigenvalue weighted by atomic mass is 9.99. The fraction of sp³-hybridized carbons (Fsp3) is 0.824. The summed E-state index contributed by atoms with van der Waals surface area (Å²) in [5.41, 5.74) is 0. The minimum absolute atomic E-state index is 0.155. The van der Waals surface area contributed by atoms with Gasteiger partial charge in [0, 0.05) is 58.1 Å². The molecule has 1 aromatic heterocycles. The van der Waals surface area contributed by atoms with Crippen LogP contribution in [0.4, 0.5) is 0 Å². The van der Waals surface area contributed by atoms with Crippen LogP contribution in [0, 0.1) is 0 Å². The summed E-state index contributed by atoms with van der Waals surface area (Å²) in [7, 11) is -1.67. The third-order valence-electron chi connectivity index (χ3n) is 5.25. The molecule has 0 aliphatic carbocycles. The Morgan fingerprint density at radius 3 is 2.56 bits per heavy atom. The number of rotatable bonds is 6. The molecule has 0 radical (unpaired) electrons. The van der Waals surface area contributed by atoms with Gasteiger partial charge in [0.2, 0.25) is 0 Å². The van der Waals surface area contributed by atoms with Crippen LogP contribution < -0.4 is 0 Å². The van der Waals surface area contributed by atoms with E-state index < -0.39 is 10.2 Å². The zero-order chi connectivity index (χ0) is 17.7. The first kappa shape index (κ1) is 18.8. The Kier molecular flexibility index (Phi) is 6.49. The third-order valence-corrected chi connectivity index (χ3v) is 7.25. The van der Waals surface area contributed by atoms with Crippen LogP contribution in [0.5, 0.6) is 0 Å². The summed E-state index contributed by atoms with van der Waals surface area (Å²) in [5.74, 6) is 1.13. The van der Waals surface area contributed by atoms with Crippen molar-refractivity contribution in [3.05, 3.63) is 18.2 Å². The Morgan fingerprint density at radius 2 is 1.84 bits per heavy atom. The number of piperidine rings is 1. The molecule has 7 nitrogen and oxygen atoms in total. The Balaban J connectivity index is 1.71. The van der Waals surface area contributed by atoms with Crippen LogP contribution in [0.1, 0.15) is 50.3 Å². The predicted molar refractivity (Wildman–Crippen MR) is 96.6 cm³/mol. The molecular formula is C17H30N4O3S. The molecule has 0 bridgehead atoms. The summed E-state index contributed by atoms with van der Waals surface area (Å²) < 4.78 is 36.8. The van der Waals surface area contributed by atoms with E-state index >= 15 is 0 Å². The van der Waals surface area contributed by atoms with Crippen LogP contribution in [0.25, 0.3) is 0 Å². The molecule has 2 saturated heterocycles. The highest BCUT2D eigenvalue weighted by atomic mass is 32.2. The third kappa shape index (κ3) is 4.42. The molecule has 2 aliphatic rings. The maximum absolute atomic E-state index is 13.1. The fourth-order valence-corrected chi connectivity index (χ4v) is 5.63. The van der Waals surface area contributed by atoms with Gasteiger partial charge >= 0.3 is 0 Å². The zero-order valence-electron chi connectivity index (χ0n) is 15.1. The second kappa shape index (κ2) is 8.62. The molecule has 3 heterocycles. The van der Waals surface area contributed by atoms with Crippen LogP contribution in [0.2, 0.25) is 0 Å². The standard InChI is InChI=1S/C17H30N4O3S/c1-24-14-13-19-12-8-18-17(19)16-7-6-11-21(15-16)25(22,23)20-9-4-2-3-5-10-20/h8,12,16H,2-7,9-11,13-15H2,1H3. The van der Waals surface area contributed by atoms with Crippen molar-refractivity contribution in [2.24, 2.45) is 0 Å². The smallest absolute Gasteiger partial charge is 0.281 e. The minimum atomic E-state index is -3.36. The molecule has 2 aliphatic heterocycles. The van der Waals surface area contributed by atoms with E-state index in [1.807, 2.05) is 6.20 Å². The molecule has 2 fully saturated rings. The van der Waals surface area contributed by atoms with Gasteiger partial charge in [0.1, 0.15) is 5.82 Å². The van der Waals surface area contributed by atoms with E-state index in [1.54, 1.807) is 21.9 Å². The van der Waals surface area contributed by atoms with E-state index in [0.29, 0.717) is 32.8 Å². The normalized spacial score (nSPS) is 24.3. The second-order valence-corrected chi connectivity index (χ2v) is 8.92. The van der Waals surface area contributed by atoms with Gasteiger partial charge in [0.15, 0.2) is 0 Å². The first-order chi connectivity index (χ1) is 12.1. The summed E-state index contributed by atoms with van der Waals surface area (Å²) in [6.07, 6.45) is 9.82. The van der Waals surface area contributed by atoms with Crippen molar-refractivity contribution in [3.8, 4) is 0 Å². The molecule has 3 rings (SSSR count). The van der Waals surface area contributed by atoms with Crippen molar-refractivity contribution >= 4 is 10.2 Å². The van der Waals surface area contributed by atoms with Gasteiger partial charge in [-0.3, -0.25) is 0 Å². The van der Waals surface area contributed by atoms with Gasteiger partial charge in [-0.05, 0) is 25.7 Å². The number of nitrogens with zero attached hydrogens (tertiary/aromatic N) is 4. The lowest BCUT2D eigenvalue weighted by Crippen LogP contribution is -2.48. The fourth-order valence-electron chi connectivity index (χ4n) is 3.86. The van der Waals surface area contributed by atoms with Crippen molar-refractivity contribution in [2.45, 2.75) is 51.0 Å². The van der Waals surface area contributed by atoms with E-state index in [2.05, 4.69) is 9.55 Å². The molecule has 1 aromatic rings. The predicted octanol–water partition coefficient (Wildman–Crippen LogP) is 1.83. The highest BCUT2D eigenvalue weighted by Crippen LogP contribution is 2.29. The second-order valence-electron chi connectivity index (χ2n) is 6.99. The topological polar surface area (TPSA) is 67.7 Å². The quantitative estimate of drug-likeness (QED) is 0.766. The van der Waals surface area contributed by atoms with E-state index in [0.717, 1.165) is 50.9 Å². The zero-order valence-corrected chi connectivity index (χ0v) is 16.0. The number of imidazole rings is 1. The molecular weight excluding hydrogens is 340 g/mol. The van der Waals surface area contributed by atoms with Crippen molar-refractivity contribution in [2.75, 3.05) is 39.9 Å². The van der Waals surface area contributed by atoms with Gasteiger partial charge in [0.25, 0.3) is 10.2 Å². The van der Waals surface area contributed by atoms with Crippen LogP contribution in [0.15, 0.2) is 12.4 Å². The summed E-state index contributed by atoms with van der Waals surface area (Å²) in [5, 5.41) is 0. The van der Waals surface area contributed by atoms with E-state index in [9.17, 15) is 8.42 Å². The lowest BCUT2D eigenvalue weighted by molar-refractivity contribution is 0.184. The molecule has 25 heavy (non-hydrogen) atoms. The molecule has 0 spiro atoms. The SMILES string of the molecule is COCCn1ccnc1C1CCCN(S(=O)(=O)N2CCCCCC2)C1.